The summed E-state index contributed by atoms with van der Waals surface area (Å²) in [5.41, 5.74) is 4.01. The van der Waals surface area contributed by atoms with Crippen molar-refractivity contribution in [3.63, 3.8) is 0 Å². The van der Waals surface area contributed by atoms with Gasteiger partial charge >= 0.3 is 0 Å². The Morgan fingerprint density at radius 1 is 1.17 bits per heavy atom. The van der Waals surface area contributed by atoms with E-state index in [1.165, 1.54) is 22.0 Å². The van der Waals surface area contributed by atoms with Crippen molar-refractivity contribution in [3.8, 4) is 0 Å². The quantitative estimate of drug-likeness (QED) is 0.756. The van der Waals surface area contributed by atoms with Crippen molar-refractivity contribution in [2.45, 2.75) is 13.1 Å². The topological polar surface area (TPSA) is 17.0 Å². The minimum Gasteiger partial charge on any atom is -0.343 e. The Kier molecular flexibility index (Phi) is 3.17. The molecule has 0 radical (unpaired) electrons. The highest BCUT2D eigenvalue weighted by atomic mass is 32.1. The molecule has 0 aliphatic rings. The van der Waals surface area contributed by atoms with E-state index in [1.54, 1.807) is 11.3 Å². The molecule has 0 fully saturated rings. The van der Waals surface area contributed by atoms with Crippen LogP contribution in [0.1, 0.15) is 11.1 Å². The van der Waals surface area contributed by atoms with Gasteiger partial charge in [-0.15, -0.1) is 0 Å². The summed E-state index contributed by atoms with van der Waals surface area (Å²) in [6.07, 6.45) is 2.17. The van der Waals surface area contributed by atoms with Gasteiger partial charge in [0, 0.05) is 24.8 Å². The Morgan fingerprint density at radius 3 is 2.89 bits per heavy atom. The molecule has 0 atom stereocenters. The molecule has 2 heterocycles. The molecule has 0 amide bonds. The van der Waals surface area contributed by atoms with Crippen LogP contribution in [-0.2, 0) is 13.1 Å². The van der Waals surface area contributed by atoms with E-state index >= 15 is 0 Å². The number of aromatic nitrogens is 1. The van der Waals surface area contributed by atoms with Crippen LogP contribution in [0.5, 0.6) is 0 Å². The summed E-state index contributed by atoms with van der Waals surface area (Å²) < 4.78 is 2.31. The molecule has 0 bridgehead atoms. The number of fused-ring (bicyclic) bond motifs is 1. The lowest BCUT2D eigenvalue weighted by molar-refractivity contribution is 0.817. The Labute approximate surface area is 111 Å². The second kappa shape index (κ2) is 4.96. The first kappa shape index (κ1) is 11.5. The van der Waals surface area contributed by atoms with Gasteiger partial charge in [-0.1, -0.05) is 6.07 Å². The maximum Gasteiger partial charge on any atom is 0.0484 e. The fourth-order valence-electron chi connectivity index (χ4n) is 2.28. The zero-order valence-corrected chi connectivity index (χ0v) is 11.2. The van der Waals surface area contributed by atoms with E-state index in [2.05, 4.69) is 57.2 Å². The normalized spacial score (nSPS) is 11.2. The van der Waals surface area contributed by atoms with Gasteiger partial charge in [0.15, 0.2) is 0 Å². The summed E-state index contributed by atoms with van der Waals surface area (Å²) in [5, 5.41) is 8.84. The fraction of sp³-hybridized carbons (Fsp3) is 0.200. The molecule has 1 aromatic carbocycles. The molecule has 0 saturated carbocycles. The van der Waals surface area contributed by atoms with Crippen molar-refractivity contribution in [2.75, 3.05) is 7.05 Å². The first-order valence-corrected chi connectivity index (χ1v) is 7.04. The van der Waals surface area contributed by atoms with E-state index in [-0.39, 0.29) is 0 Å². The maximum atomic E-state index is 3.19. The summed E-state index contributed by atoms with van der Waals surface area (Å²) in [7, 11) is 1.98. The van der Waals surface area contributed by atoms with Crippen LogP contribution < -0.4 is 5.32 Å². The molecule has 92 valence electrons. The molecule has 3 aromatic rings. The lowest BCUT2D eigenvalue weighted by Gasteiger charge is -2.05. The molecular weight excluding hydrogens is 240 g/mol. The second-order valence-corrected chi connectivity index (χ2v) is 5.28. The van der Waals surface area contributed by atoms with Crippen LogP contribution in [0.15, 0.2) is 47.3 Å². The SMILES string of the molecule is CNCc1ccc2c(ccn2Cc2ccsc2)c1. The van der Waals surface area contributed by atoms with Gasteiger partial charge in [0.25, 0.3) is 0 Å². The van der Waals surface area contributed by atoms with Crippen LogP contribution in [0.2, 0.25) is 0 Å². The van der Waals surface area contributed by atoms with Crippen LogP contribution >= 0.6 is 11.3 Å². The number of hydrogen-bond acceptors (Lipinski definition) is 2. The van der Waals surface area contributed by atoms with Gasteiger partial charge in [-0.3, -0.25) is 0 Å². The number of nitrogens with zero attached hydrogens (tertiary/aromatic N) is 1. The molecule has 0 saturated heterocycles. The number of thiophene rings is 1. The number of nitrogens with one attached hydrogen (secondary N) is 1. The van der Waals surface area contributed by atoms with E-state index < -0.39 is 0 Å². The average Bonchev–Trinajstić information content (AvgIpc) is 3.00. The summed E-state index contributed by atoms with van der Waals surface area (Å²) in [6.45, 7) is 1.88. The van der Waals surface area contributed by atoms with Crippen LogP contribution in [0.4, 0.5) is 0 Å². The summed E-state index contributed by atoms with van der Waals surface area (Å²) >= 11 is 1.75. The summed E-state index contributed by atoms with van der Waals surface area (Å²) in [4.78, 5) is 0. The predicted octanol–water partition coefficient (Wildman–Crippen LogP) is 3.47. The van der Waals surface area contributed by atoms with Crippen LogP contribution in [0.25, 0.3) is 10.9 Å². The third kappa shape index (κ3) is 2.19. The molecule has 0 aliphatic heterocycles. The number of rotatable bonds is 4. The van der Waals surface area contributed by atoms with Gasteiger partial charge in [0.2, 0.25) is 0 Å². The fourth-order valence-corrected chi connectivity index (χ4v) is 2.94. The second-order valence-electron chi connectivity index (χ2n) is 4.50. The third-order valence-corrected chi connectivity index (χ3v) is 3.88. The zero-order chi connectivity index (χ0) is 12.4. The minimum atomic E-state index is 0.922. The van der Waals surface area contributed by atoms with Crippen LogP contribution in [-0.4, -0.2) is 11.6 Å². The lowest BCUT2D eigenvalue weighted by Crippen LogP contribution is -2.04. The highest BCUT2D eigenvalue weighted by Crippen LogP contribution is 2.19. The Balaban J connectivity index is 1.94. The summed E-state index contributed by atoms with van der Waals surface area (Å²) in [5.74, 6) is 0. The van der Waals surface area contributed by atoms with Crippen molar-refractivity contribution >= 4 is 22.2 Å². The Bertz CT molecular complexity index is 638. The number of benzene rings is 1. The van der Waals surface area contributed by atoms with Crippen molar-refractivity contribution in [1.29, 1.82) is 0 Å². The maximum absolute atomic E-state index is 3.19. The van der Waals surface area contributed by atoms with Gasteiger partial charge in [-0.05, 0) is 58.6 Å². The van der Waals surface area contributed by atoms with Gasteiger partial charge in [-0.25, -0.2) is 0 Å². The van der Waals surface area contributed by atoms with E-state index in [0.29, 0.717) is 0 Å². The van der Waals surface area contributed by atoms with Gasteiger partial charge in [-0.2, -0.15) is 11.3 Å². The first-order chi connectivity index (χ1) is 8.86. The Hall–Kier alpha value is -1.58. The molecule has 3 rings (SSSR count). The standard InChI is InChI=1S/C15H16N2S/c1-16-9-12-2-3-15-14(8-12)4-6-17(15)10-13-5-7-18-11-13/h2-8,11,16H,9-10H2,1H3. The molecule has 1 N–H and O–H groups in total. The van der Waals surface area contributed by atoms with Gasteiger partial charge in [0.05, 0.1) is 0 Å². The van der Waals surface area contributed by atoms with Gasteiger partial charge in [0.1, 0.15) is 0 Å². The molecule has 0 unspecified atom stereocenters. The van der Waals surface area contributed by atoms with Crippen molar-refractivity contribution in [1.82, 2.24) is 9.88 Å². The largest absolute Gasteiger partial charge is 0.343 e. The average molecular weight is 256 g/mol. The highest BCUT2D eigenvalue weighted by molar-refractivity contribution is 7.07. The molecule has 3 heteroatoms. The lowest BCUT2D eigenvalue weighted by atomic mass is 10.1. The minimum absolute atomic E-state index is 0.922. The van der Waals surface area contributed by atoms with Crippen molar-refractivity contribution < 1.29 is 0 Å². The smallest absolute Gasteiger partial charge is 0.0484 e. The zero-order valence-electron chi connectivity index (χ0n) is 10.4. The molecule has 2 aromatic heterocycles. The first-order valence-electron chi connectivity index (χ1n) is 6.10. The molecule has 18 heavy (non-hydrogen) atoms. The highest BCUT2D eigenvalue weighted by Gasteiger charge is 2.03. The third-order valence-electron chi connectivity index (χ3n) is 3.15. The molecule has 0 aliphatic carbocycles. The van der Waals surface area contributed by atoms with Crippen molar-refractivity contribution in [2.24, 2.45) is 0 Å². The van der Waals surface area contributed by atoms with E-state index in [9.17, 15) is 0 Å². The monoisotopic (exact) mass is 256 g/mol. The van der Waals surface area contributed by atoms with E-state index in [4.69, 9.17) is 0 Å². The Morgan fingerprint density at radius 2 is 2.11 bits per heavy atom. The van der Waals surface area contributed by atoms with Gasteiger partial charge < -0.3 is 9.88 Å². The van der Waals surface area contributed by atoms with Crippen LogP contribution in [0, 0.1) is 0 Å². The molecule has 2 nitrogen and oxygen atoms in total. The molecular formula is C15H16N2S. The summed E-state index contributed by atoms with van der Waals surface area (Å²) in [6, 6.07) is 11.1. The van der Waals surface area contributed by atoms with E-state index in [1.807, 2.05) is 7.05 Å². The van der Waals surface area contributed by atoms with Crippen molar-refractivity contribution in [3.05, 3.63) is 58.4 Å². The molecule has 0 spiro atoms. The number of hydrogen-bond donors (Lipinski definition) is 1. The van der Waals surface area contributed by atoms with Crippen LogP contribution in [0.3, 0.4) is 0 Å². The van der Waals surface area contributed by atoms with E-state index in [0.717, 1.165) is 13.1 Å². The predicted molar refractivity (Wildman–Crippen MR) is 78.1 cm³/mol.